The molecule has 1 unspecified atom stereocenters. The maximum absolute atomic E-state index is 12.7. The summed E-state index contributed by atoms with van der Waals surface area (Å²) in [5, 5.41) is 10.00. The van der Waals surface area contributed by atoms with Crippen molar-refractivity contribution in [2.75, 3.05) is 26.2 Å². The number of H-pyrrole nitrogens is 1. The molecule has 1 amide bonds. The third kappa shape index (κ3) is 3.47. The summed E-state index contributed by atoms with van der Waals surface area (Å²) in [5.74, 6) is 1.35. The molecule has 162 valence electrons. The van der Waals surface area contributed by atoms with Crippen molar-refractivity contribution in [1.29, 1.82) is 5.26 Å². The fourth-order valence-electron chi connectivity index (χ4n) is 5.28. The lowest BCUT2D eigenvalue weighted by molar-refractivity contribution is -0.129. The highest BCUT2D eigenvalue weighted by molar-refractivity contribution is 6.01. The van der Waals surface area contributed by atoms with E-state index in [1.54, 1.807) is 0 Å². The summed E-state index contributed by atoms with van der Waals surface area (Å²) >= 11 is 0. The van der Waals surface area contributed by atoms with Crippen molar-refractivity contribution in [3.8, 4) is 6.07 Å². The number of fused-ring (bicyclic) bond motifs is 3. The van der Waals surface area contributed by atoms with Gasteiger partial charge in [0.1, 0.15) is 17.0 Å². The summed E-state index contributed by atoms with van der Waals surface area (Å²) in [6, 6.07) is 4.87. The number of carbonyl (C=O) groups excluding carboxylic acids is 1. The predicted octanol–water partition coefficient (Wildman–Crippen LogP) is 3.19. The van der Waals surface area contributed by atoms with Crippen molar-refractivity contribution in [1.82, 2.24) is 29.3 Å². The van der Waals surface area contributed by atoms with Gasteiger partial charge in [-0.1, -0.05) is 0 Å². The van der Waals surface area contributed by atoms with Crippen LogP contribution in [-0.4, -0.2) is 67.4 Å². The van der Waals surface area contributed by atoms with Crippen molar-refractivity contribution in [3.63, 3.8) is 0 Å². The summed E-state index contributed by atoms with van der Waals surface area (Å²) in [6.45, 7) is 7.68. The summed E-state index contributed by atoms with van der Waals surface area (Å²) in [6.07, 6.45) is 6.92. The van der Waals surface area contributed by atoms with Crippen LogP contribution in [0.15, 0.2) is 18.5 Å². The predicted molar refractivity (Wildman–Crippen MR) is 119 cm³/mol. The zero-order chi connectivity index (χ0) is 21.5. The van der Waals surface area contributed by atoms with Gasteiger partial charge >= 0.3 is 0 Å². The molecule has 0 saturated carbocycles. The van der Waals surface area contributed by atoms with E-state index in [1.807, 2.05) is 17.3 Å². The second kappa shape index (κ2) is 7.97. The van der Waals surface area contributed by atoms with Crippen LogP contribution in [-0.2, 0) is 4.79 Å². The molecule has 0 aliphatic carbocycles. The molecule has 1 atom stereocenters. The van der Waals surface area contributed by atoms with Crippen LogP contribution in [0.5, 0.6) is 0 Å². The summed E-state index contributed by atoms with van der Waals surface area (Å²) in [7, 11) is 0. The molecule has 0 spiro atoms. The largest absolute Gasteiger partial charge is 0.346 e. The number of aromatic amines is 1. The Morgan fingerprint density at radius 2 is 2.13 bits per heavy atom. The number of pyridine rings is 1. The van der Waals surface area contributed by atoms with Gasteiger partial charge in [0.2, 0.25) is 5.91 Å². The number of rotatable bonds is 5. The molecule has 2 aliphatic heterocycles. The molecular formula is C23H29N7O. The minimum atomic E-state index is 0.105. The maximum Gasteiger partial charge on any atom is 0.223 e. The van der Waals surface area contributed by atoms with E-state index in [0.717, 1.165) is 66.9 Å². The number of hydrogen-bond acceptors (Lipinski definition) is 5. The highest BCUT2D eigenvalue weighted by Crippen LogP contribution is 2.37. The van der Waals surface area contributed by atoms with E-state index in [1.165, 1.54) is 0 Å². The molecule has 3 aromatic heterocycles. The molecular weight excluding hydrogens is 390 g/mol. The van der Waals surface area contributed by atoms with E-state index in [9.17, 15) is 4.79 Å². The van der Waals surface area contributed by atoms with Crippen LogP contribution in [0.3, 0.4) is 0 Å². The van der Waals surface area contributed by atoms with Crippen LogP contribution in [0.25, 0.3) is 22.1 Å². The van der Waals surface area contributed by atoms with Crippen LogP contribution in [0.1, 0.15) is 57.3 Å². The van der Waals surface area contributed by atoms with Crippen LogP contribution in [0.2, 0.25) is 0 Å². The first-order valence-corrected chi connectivity index (χ1v) is 11.3. The molecule has 2 fully saturated rings. The van der Waals surface area contributed by atoms with Crippen molar-refractivity contribution in [2.24, 2.45) is 0 Å². The van der Waals surface area contributed by atoms with Gasteiger partial charge < -0.3 is 19.4 Å². The fraction of sp³-hybridized carbons (Fsp3) is 0.565. The molecule has 0 bridgehead atoms. The van der Waals surface area contributed by atoms with Gasteiger partial charge in [0.05, 0.1) is 17.8 Å². The minimum Gasteiger partial charge on any atom is -0.346 e. The number of nitrogens with one attached hydrogen (secondary N) is 1. The number of nitriles is 1. The molecule has 8 heteroatoms. The monoisotopic (exact) mass is 419 g/mol. The Morgan fingerprint density at radius 1 is 1.32 bits per heavy atom. The van der Waals surface area contributed by atoms with E-state index in [0.29, 0.717) is 18.9 Å². The van der Waals surface area contributed by atoms with Gasteiger partial charge in [-0.25, -0.2) is 9.97 Å². The van der Waals surface area contributed by atoms with Crippen molar-refractivity contribution < 1.29 is 4.79 Å². The first-order chi connectivity index (χ1) is 15.1. The van der Waals surface area contributed by atoms with Gasteiger partial charge in [0.25, 0.3) is 0 Å². The first kappa shape index (κ1) is 20.0. The van der Waals surface area contributed by atoms with Gasteiger partial charge in [0.15, 0.2) is 0 Å². The summed E-state index contributed by atoms with van der Waals surface area (Å²) in [5.41, 5.74) is 2.91. The quantitative estimate of drug-likeness (QED) is 0.685. The Labute approximate surface area is 181 Å². The molecule has 5 heterocycles. The Balaban J connectivity index is 1.55. The molecule has 5 rings (SSSR count). The highest BCUT2D eigenvalue weighted by atomic mass is 16.2. The number of imidazole rings is 1. The van der Waals surface area contributed by atoms with Gasteiger partial charge in [-0.2, -0.15) is 5.26 Å². The lowest BCUT2D eigenvalue weighted by Crippen LogP contribution is -2.36. The second-order valence-corrected chi connectivity index (χ2v) is 9.09. The van der Waals surface area contributed by atoms with E-state index in [-0.39, 0.29) is 17.9 Å². The minimum absolute atomic E-state index is 0.105. The molecule has 0 radical (unpaired) electrons. The fourth-order valence-corrected chi connectivity index (χ4v) is 5.28. The normalized spacial score (nSPS) is 21.0. The number of nitrogens with zero attached hydrogens (tertiary/aromatic N) is 6. The van der Waals surface area contributed by atoms with E-state index >= 15 is 0 Å². The molecule has 3 aromatic rings. The number of aromatic nitrogens is 4. The van der Waals surface area contributed by atoms with Gasteiger partial charge in [-0.15, -0.1) is 0 Å². The molecule has 1 N–H and O–H groups in total. The smallest absolute Gasteiger partial charge is 0.223 e. The Bertz CT molecular complexity index is 1150. The maximum atomic E-state index is 12.7. The van der Waals surface area contributed by atoms with Crippen LogP contribution in [0.4, 0.5) is 0 Å². The Kier molecular flexibility index (Phi) is 5.14. The van der Waals surface area contributed by atoms with Crippen molar-refractivity contribution in [3.05, 3.63) is 24.3 Å². The van der Waals surface area contributed by atoms with Crippen LogP contribution < -0.4 is 0 Å². The number of carbonyl (C=O) groups is 1. The number of amides is 1. The molecule has 0 aromatic carbocycles. The van der Waals surface area contributed by atoms with E-state index in [4.69, 9.17) is 10.2 Å². The zero-order valence-electron chi connectivity index (χ0n) is 18.2. The van der Waals surface area contributed by atoms with Gasteiger partial charge in [-0.3, -0.25) is 4.79 Å². The average Bonchev–Trinajstić information content (AvgIpc) is 3.48. The second-order valence-electron chi connectivity index (χ2n) is 9.09. The Morgan fingerprint density at radius 3 is 2.84 bits per heavy atom. The summed E-state index contributed by atoms with van der Waals surface area (Å²) in [4.78, 5) is 29.8. The Hall–Kier alpha value is -2.92. The number of piperidine rings is 1. The molecule has 31 heavy (non-hydrogen) atoms. The lowest BCUT2D eigenvalue weighted by Gasteiger charge is -2.33. The standard InChI is InChI=1S/C23H29N7O/c1-15(2)29-14-16(12-20(29)31)23-27-19-13-26-22-18(4-8-25-22)21(19)30(23)17-5-10-28(11-6-17)9-3-7-24/h4,8,13,15-17H,3,5-6,9-12,14H2,1-2H3,(H,25,26). The van der Waals surface area contributed by atoms with Gasteiger partial charge in [0, 0.05) is 68.6 Å². The third-order valence-corrected chi connectivity index (χ3v) is 6.87. The molecule has 2 saturated heterocycles. The summed E-state index contributed by atoms with van der Waals surface area (Å²) < 4.78 is 2.43. The van der Waals surface area contributed by atoms with Crippen molar-refractivity contribution >= 4 is 28.0 Å². The molecule has 8 nitrogen and oxygen atoms in total. The zero-order valence-corrected chi connectivity index (χ0v) is 18.2. The van der Waals surface area contributed by atoms with E-state index in [2.05, 4.69) is 45.4 Å². The lowest BCUT2D eigenvalue weighted by atomic mass is 10.0. The number of likely N-dealkylation sites (tertiary alicyclic amines) is 2. The van der Waals surface area contributed by atoms with Crippen molar-refractivity contribution in [2.45, 2.75) is 57.5 Å². The van der Waals surface area contributed by atoms with Crippen LogP contribution in [0, 0.1) is 11.3 Å². The van der Waals surface area contributed by atoms with Gasteiger partial charge in [-0.05, 0) is 32.8 Å². The SMILES string of the molecule is CC(C)N1CC(c2nc3cnc4[nH]ccc4c3n2C2CCN(CCC#N)CC2)CC1=O. The average molecular weight is 420 g/mol. The highest BCUT2D eigenvalue weighted by Gasteiger charge is 2.37. The van der Waals surface area contributed by atoms with E-state index < -0.39 is 0 Å². The molecule has 2 aliphatic rings. The topological polar surface area (TPSA) is 93.8 Å². The number of hydrogen-bond donors (Lipinski definition) is 1. The third-order valence-electron chi connectivity index (χ3n) is 6.87. The first-order valence-electron chi connectivity index (χ1n) is 11.3. The van der Waals surface area contributed by atoms with Crippen LogP contribution >= 0.6 is 0 Å².